The van der Waals surface area contributed by atoms with Crippen LogP contribution in [-0.4, -0.2) is 17.3 Å². The van der Waals surface area contributed by atoms with Crippen molar-refractivity contribution in [2.45, 2.75) is 0 Å². The number of anilines is 1. The summed E-state index contributed by atoms with van der Waals surface area (Å²) in [5.74, 6) is -1.61. The number of benzene rings is 1. The zero-order valence-electron chi connectivity index (χ0n) is 8.42. The summed E-state index contributed by atoms with van der Waals surface area (Å²) in [6.07, 6.45) is 1.32. The molecule has 3 N–H and O–H groups in total. The number of nitrogen functional groups attached to an aromatic ring is 1. The molecule has 0 saturated carbocycles. The SMILES string of the molecule is COc1ccc(F)c(F)c1-c1cn[nH]c1N. The first-order valence-corrected chi connectivity index (χ1v) is 4.46. The van der Waals surface area contributed by atoms with Crippen LogP contribution in [0.3, 0.4) is 0 Å². The molecule has 16 heavy (non-hydrogen) atoms. The van der Waals surface area contributed by atoms with Crippen LogP contribution in [0.4, 0.5) is 14.6 Å². The molecule has 0 aliphatic heterocycles. The van der Waals surface area contributed by atoms with E-state index in [-0.39, 0.29) is 22.7 Å². The molecular weight excluding hydrogens is 216 g/mol. The van der Waals surface area contributed by atoms with E-state index in [2.05, 4.69) is 10.2 Å². The number of aromatic amines is 1. The van der Waals surface area contributed by atoms with Crippen molar-refractivity contribution in [1.29, 1.82) is 0 Å². The van der Waals surface area contributed by atoms with Crippen molar-refractivity contribution in [1.82, 2.24) is 10.2 Å². The molecule has 0 amide bonds. The zero-order chi connectivity index (χ0) is 11.7. The molecule has 6 heteroatoms. The van der Waals surface area contributed by atoms with Crippen LogP contribution in [0, 0.1) is 11.6 Å². The highest BCUT2D eigenvalue weighted by molar-refractivity contribution is 5.78. The number of hydrogen-bond donors (Lipinski definition) is 2. The molecule has 0 aliphatic carbocycles. The second kappa shape index (κ2) is 3.80. The fourth-order valence-corrected chi connectivity index (χ4v) is 1.45. The van der Waals surface area contributed by atoms with Gasteiger partial charge in [0, 0.05) is 0 Å². The maximum Gasteiger partial charge on any atom is 0.170 e. The first kappa shape index (κ1) is 10.4. The molecule has 1 heterocycles. The number of H-pyrrole nitrogens is 1. The molecule has 4 nitrogen and oxygen atoms in total. The lowest BCUT2D eigenvalue weighted by molar-refractivity contribution is 0.409. The predicted molar refractivity (Wildman–Crippen MR) is 54.9 cm³/mol. The molecule has 0 unspecified atom stereocenters. The van der Waals surface area contributed by atoms with E-state index < -0.39 is 11.6 Å². The maximum absolute atomic E-state index is 13.6. The Morgan fingerprint density at radius 1 is 1.38 bits per heavy atom. The van der Waals surface area contributed by atoms with Gasteiger partial charge in [-0.2, -0.15) is 5.10 Å². The van der Waals surface area contributed by atoms with Gasteiger partial charge in [0.25, 0.3) is 0 Å². The lowest BCUT2D eigenvalue weighted by atomic mass is 10.1. The third kappa shape index (κ3) is 1.48. The molecule has 1 aromatic heterocycles. The molecule has 0 saturated heterocycles. The van der Waals surface area contributed by atoms with E-state index in [9.17, 15) is 8.78 Å². The van der Waals surface area contributed by atoms with Crippen molar-refractivity contribution in [3.63, 3.8) is 0 Å². The van der Waals surface area contributed by atoms with E-state index in [0.717, 1.165) is 6.07 Å². The smallest absolute Gasteiger partial charge is 0.170 e. The number of nitrogens with two attached hydrogens (primary N) is 1. The lowest BCUT2D eigenvalue weighted by Crippen LogP contribution is -1.96. The Hall–Kier alpha value is -2.11. The minimum absolute atomic E-state index is 0.0336. The number of hydrogen-bond acceptors (Lipinski definition) is 3. The monoisotopic (exact) mass is 225 g/mol. The van der Waals surface area contributed by atoms with Gasteiger partial charge >= 0.3 is 0 Å². The topological polar surface area (TPSA) is 63.9 Å². The molecule has 2 rings (SSSR count). The Bertz CT molecular complexity index is 525. The molecule has 0 fully saturated rings. The zero-order valence-corrected chi connectivity index (χ0v) is 8.42. The minimum atomic E-state index is -1.01. The number of nitrogens with zero attached hydrogens (tertiary/aromatic N) is 1. The van der Waals surface area contributed by atoms with Crippen LogP contribution in [0.5, 0.6) is 5.75 Å². The number of rotatable bonds is 2. The van der Waals surface area contributed by atoms with Gasteiger partial charge in [0.2, 0.25) is 0 Å². The van der Waals surface area contributed by atoms with Crippen LogP contribution in [0.1, 0.15) is 0 Å². The summed E-state index contributed by atoms with van der Waals surface area (Å²) in [5.41, 5.74) is 5.79. The van der Waals surface area contributed by atoms with Crippen molar-refractivity contribution in [2.75, 3.05) is 12.8 Å². The Labute approximate surface area is 90.0 Å². The van der Waals surface area contributed by atoms with Gasteiger partial charge in [-0.25, -0.2) is 8.78 Å². The summed E-state index contributed by atoms with van der Waals surface area (Å²) in [5, 5.41) is 6.10. The first-order valence-electron chi connectivity index (χ1n) is 4.46. The Kier molecular flexibility index (Phi) is 2.47. The molecule has 0 atom stereocenters. The van der Waals surface area contributed by atoms with Crippen LogP contribution >= 0.6 is 0 Å². The Morgan fingerprint density at radius 2 is 2.12 bits per heavy atom. The van der Waals surface area contributed by atoms with Gasteiger partial charge in [0.15, 0.2) is 11.6 Å². The maximum atomic E-state index is 13.6. The normalized spacial score (nSPS) is 10.4. The average molecular weight is 225 g/mol. The quantitative estimate of drug-likeness (QED) is 0.820. The largest absolute Gasteiger partial charge is 0.496 e. The highest BCUT2D eigenvalue weighted by Crippen LogP contribution is 2.35. The second-order valence-corrected chi connectivity index (χ2v) is 3.14. The fourth-order valence-electron chi connectivity index (χ4n) is 1.45. The van der Waals surface area contributed by atoms with Crippen LogP contribution in [0.25, 0.3) is 11.1 Å². The first-order chi connectivity index (χ1) is 7.65. The molecule has 0 aliphatic rings. The van der Waals surface area contributed by atoms with Crippen molar-refractivity contribution < 1.29 is 13.5 Å². The van der Waals surface area contributed by atoms with E-state index in [4.69, 9.17) is 10.5 Å². The van der Waals surface area contributed by atoms with E-state index in [1.165, 1.54) is 19.4 Å². The summed E-state index contributed by atoms with van der Waals surface area (Å²) in [4.78, 5) is 0. The molecule has 84 valence electrons. The number of ether oxygens (including phenoxy) is 1. The van der Waals surface area contributed by atoms with Crippen LogP contribution in [0.2, 0.25) is 0 Å². The molecule has 1 aromatic carbocycles. The standard InChI is InChI=1S/C10H9F2N3O/c1-16-7-3-2-6(11)9(12)8(7)5-4-14-15-10(5)13/h2-4H,1H3,(H3,13,14,15). The fraction of sp³-hybridized carbons (Fsp3) is 0.100. The highest BCUT2D eigenvalue weighted by Gasteiger charge is 2.19. The van der Waals surface area contributed by atoms with E-state index in [1.807, 2.05) is 0 Å². The van der Waals surface area contributed by atoms with Crippen molar-refractivity contribution in [3.05, 3.63) is 30.0 Å². The van der Waals surface area contributed by atoms with Gasteiger partial charge in [-0.1, -0.05) is 0 Å². The number of methoxy groups -OCH3 is 1. The molecule has 0 bridgehead atoms. The summed E-state index contributed by atoms with van der Waals surface area (Å²) in [7, 11) is 1.37. The predicted octanol–water partition coefficient (Wildman–Crippen LogP) is 1.95. The molecule has 0 radical (unpaired) electrons. The number of nitrogens with one attached hydrogen (secondary N) is 1. The molecule has 0 spiro atoms. The Morgan fingerprint density at radius 3 is 2.69 bits per heavy atom. The lowest BCUT2D eigenvalue weighted by Gasteiger charge is -2.08. The number of aromatic nitrogens is 2. The Balaban J connectivity index is 2.72. The van der Waals surface area contributed by atoms with E-state index in [0.29, 0.717) is 0 Å². The summed E-state index contributed by atoms with van der Waals surface area (Å²) < 4.78 is 31.7. The van der Waals surface area contributed by atoms with Crippen LogP contribution in [-0.2, 0) is 0 Å². The van der Waals surface area contributed by atoms with Crippen molar-refractivity contribution in [2.24, 2.45) is 0 Å². The van der Waals surface area contributed by atoms with Crippen LogP contribution < -0.4 is 10.5 Å². The minimum Gasteiger partial charge on any atom is -0.496 e. The van der Waals surface area contributed by atoms with Gasteiger partial charge < -0.3 is 10.5 Å². The molecule has 2 aromatic rings. The molecular formula is C10H9F2N3O. The summed E-state index contributed by atoms with van der Waals surface area (Å²) >= 11 is 0. The van der Waals surface area contributed by atoms with Crippen molar-refractivity contribution >= 4 is 5.82 Å². The third-order valence-electron chi connectivity index (χ3n) is 2.21. The van der Waals surface area contributed by atoms with Gasteiger partial charge in [0.1, 0.15) is 11.6 Å². The van der Waals surface area contributed by atoms with E-state index in [1.54, 1.807) is 0 Å². The van der Waals surface area contributed by atoms with Crippen molar-refractivity contribution in [3.8, 4) is 16.9 Å². The average Bonchev–Trinajstić information content (AvgIpc) is 2.68. The van der Waals surface area contributed by atoms with Gasteiger partial charge in [-0.3, -0.25) is 5.10 Å². The van der Waals surface area contributed by atoms with E-state index >= 15 is 0 Å². The van der Waals surface area contributed by atoms with Gasteiger partial charge in [0.05, 0.1) is 24.4 Å². The van der Waals surface area contributed by atoms with Crippen LogP contribution in [0.15, 0.2) is 18.3 Å². The third-order valence-corrected chi connectivity index (χ3v) is 2.21. The van der Waals surface area contributed by atoms with Gasteiger partial charge in [-0.15, -0.1) is 0 Å². The summed E-state index contributed by atoms with van der Waals surface area (Å²) in [6, 6.07) is 2.33. The van der Waals surface area contributed by atoms with Gasteiger partial charge in [-0.05, 0) is 12.1 Å². The highest BCUT2D eigenvalue weighted by atomic mass is 19.2. The number of halogens is 2. The second-order valence-electron chi connectivity index (χ2n) is 3.14. The summed E-state index contributed by atoms with van der Waals surface area (Å²) in [6.45, 7) is 0.